The highest BCUT2D eigenvalue weighted by atomic mass is 19.1. The highest BCUT2D eigenvalue weighted by molar-refractivity contribution is 5.26. The molecule has 0 fully saturated rings. The molecule has 112 valence electrons. The quantitative estimate of drug-likeness (QED) is 0.865. The van der Waals surface area contributed by atoms with Crippen LogP contribution in [0, 0.1) is 11.6 Å². The van der Waals surface area contributed by atoms with Crippen LogP contribution in [-0.2, 0) is 0 Å². The zero-order valence-corrected chi connectivity index (χ0v) is 12.1. The fourth-order valence-electron chi connectivity index (χ4n) is 2.27. The van der Waals surface area contributed by atoms with Crippen molar-refractivity contribution in [2.45, 2.75) is 26.0 Å². The number of hydrogen-bond acceptors (Lipinski definition) is 2. The highest BCUT2D eigenvalue weighted by Crippen LogP contribution is 2.24. The molecule has 0 saturated heterocycles. The summed E-state index contributed by atoms with van der Waals surface area (Å²) in [5, 5.41) is 3.33. The topological polar surface area (TPSA) is 21.3 Å². The minimum Gasteiger partial charge on any atom is -0.486 e. The van der Waals surface area contributed by atoms with Crippen LogP contribution in [0.3, 0.4) is 0 Å². The first-order valence-corrected chi connectivity index (χ1v) is 7.02. The molecule has 0 bridgehead atoms. The van der Waals surface area contributed by atoms with Crippen molar-refractivity contribution in [3.8, 4) is 5.75 Å². The fourth-order valence-corrected chi connectivity index (χ4v) is 2.27. The van der Waals surface area contributed by atoms with E-state index in [4.69, 9.17) is 4.74 Å². The van der Waals surface area contributed by atoms with Gasteiger partial charge in [0.05, 0.1) is 6.04 Å². The van der Waals surface area contributed by atoms with E-state index in [1.54, 1.807) is 0 Å². The second kappa shape index (κ2) is 7.18. The molecule has 2 aromatic carbocycles. The number of benzene rings is 2. The third kappa shape index (κ3) is 4.02. The van der Waals surface area contributed by atoms with E-state index < -0.39 is 11.6 Å². The molecule has 21 heavy (non-hydrogen) atoms. The summed E-state index contributed by atoms with van der Waals surface area (Å²) in [5.74, 6) is -1.24. The summed E-state index contributed by atoms with van der Waals surface area (Å²) in [6.07, 6.45) is -0.299. The summed E-state index contributed by atoms with van der Waals surface area (Å²) in [5.41, 5.74) is 1.06. The zero-order chi connectivity index (χ0) is 15.2. The van der Waals surface area contributed by atoms with Crippen molar-refractivity contribution in [3.63, 3.8) is 0 Å². The van der Waals surface area contributed by atoms with Gasteiger partial charge in [-0.05, 0) is 31.2 Å². The van der Waals surface area contributed by atoms with Crippen molar-refractivity contribution in [1.82, 2.24) is 5.32 Å². The lowest BCUT2D eigenvalue weighted by Gasteiger charge is -2.26. The van der Waals surface area contributed by atoms with Crippen molar-refractivity contribution in [2.24, 2.45) is 0 Å². The lowest BCUT2D eigenvalue weighted by atomic mass is 10.0. The molecular formula is C17H19F2NO. The number of ether oxygens (including phenoxy) is 1. The van der Waals surface area contributed by atoms with E-state index in [-0.39, 0.29) is 17.9 Å². The van der Waals surface area contributed by atoms with E-state index >= 15 is 0 Å². The van der Waals surface area contributed by atoms with Crippen LogP contribution in [0.25, 0.3) is 0 Å². The zero-order valence-electron chi connectivity index (χ0n) is 12.1. The number of hydrogen-bond donors (Lipinski definition) is 1. The number of nitrogens with one attached hydrogen (secondary N) is 1. The van der Waals surface area contributed by atoms with Crippen molar-refractivity contribution >= 4 is 0 Å². The molecule has 2 unspecified atom stereocenters. The third-order valence-corrected chi connectivity index (χ3v) is 3.26. The number of likely N-dealkylation sites (N-methyl/N-ethyl adjacent to an activating group) is 1. The summed E-state index contributed by atoms with van der Waals surface area (Å²) >= 11 is 0. The van der Waals surface area contributed by atoms with Crippen molar-refractivity contribution in [2.75, 3.05) is 6.54 Å². The Bertz CT molecular complexity index is 574. The van der Waals surface area contributed by atoms with E-state index in [2.05, 4.69) is 5.32 Å². The normalized spacial score (nSPS) is 13.7. The first-order valence-electron chi connectivity index (χ1n) is 7.02. The van der Waals surface area contributed by atoms with E-state index in [0.29, 0.717) is 0 Å². The number of halogens is 2. The molecule has 0 aliphatic carbocycles. The molecule has 0 saturated carbocycles. The van der Waals surface area contributed by atoms with Crippen molar-refractivity contribution < 1.29 is 13.5 Å². The monoisotopic (exact) mass is 291 g/mol. The highest BCUT2D eigenvalue weighted by Gasteiger charge is 2.21. The van der Waals surface area contributed by atoms with Gasteiger partial charge in [-0.15, -0.1) is 0 Å². The Morgan fingerprint density at radius 3 is 2.43 bits per heavy atom. The standard InChI is InChI=1S/C17H19F2NO/c1-3-20-17(13-7-5-4-6-8-13)12(2)21-16-10-9-14(18)11-15(16)19/h4-12,17,20H,3H2,1-2H3. The molecule has 0 amide bonds. The molecule has 0 aliphatic heterocycles. The van der Waals surface area contributed by atoms with Gasteiger partial charge in [0, 0.05) is 6.07 Å². The van der Waals surface area contributed by atoms with Gasteiger partial charge < -0.3 is 10.1 Å². The Hall–Kier alpha value is -1.94. The third-order valence-electron chi connectivity index (χ3n) is 3.26. The molecular weight excluding hydrogens is 272 g/mol. The predicted octanol–water partition coefficient (Wildman–Crippen LogP) is 4.08. The van der Waals surface area contributed by atoms with Gasteiger partial charge in [-0.3, -0.25) is 0 Å². The predicted molar refractivity (Wildman–Crippen MR) is 79.3 cm³/mol. The summed E-state index contributed by atoms with van der Waals surface area (Å²) < 4.78 is 32.3. The first-order chi connectivity index (χ1) is 10.1. The smallest absolute Gasteiger partial charge is 0.167 e. The molecule has 2 rings (SSSR count). The van der Waals surface area contributed by atoms with E-state index in [9.17, 15) is 8.78 Å². The SMILES string of the molecule is CCNC(c1ccccc1)C(C)Oc1ccc(F)cc1F. The molecule has 2 aromatic rings. The van der Waals surface area contributed by atoms with Gasteiger partial charge in [-0.2, -0.15) is 0 Å². The Labute approximate surface area is 123 Å². The summed E-state index contributed by atoms with van der Waals surface area (Å²) in [7, 11) is 0. The lowest BCUT2D eigenvalue weighted by molar-refractivity contribution is 0.164. The van der Waals surface area contributed by atoms with Crippen LogP contribution >= 0.6 is 0 Å². The molecule has 0 aliphatic rings. The largest absolute Gasteiger partial charge is 0.486 e. The van der Waals surface area contributed by atoms with Crippen LogP contribution < -0.4 is 10.1 Å². The maximum atomic E-state index is 13.7. The molecule has 0 spiro atoms. The van der Waals surface area contributed by atoms with E-state index in [0.717, 1.165) is 18.2 Å². The van der Waals surface area contributed by atoms with Gasteiger partial charge in [0.15, 0.2) is 11.6 Å². The van der Waals surface area contributed by atoms with E-state index in [1.807, 2.05) is 44.2 Å². The maximum absolute atomic E-state index is 13.7. The first kappa shape index (κ1) is 15.4. The average molecular weight is 291 g/mol. The van der Waals surface area contributed by atoms with E-state index in [1.165, 1.54) is 12.1 Å². The van der Waals surface area contributed by atoms with Gasteiger partial charge in [-0.25, -0.2) is 8.78 Å². The van der Waals surface area contributed by atoms with Gasteiger partial charge >= 0.3 is 0 Å². The summed E-state index contributed by atoms with van der Waals surface area (Å²) in [6.45, 7) is 4.63. The van der Waals surface area contributed by atoms with Crippen LogP contribution in [0.2, 0.25) is 0 Å². The summed E-state index contributed by atoms with van der Waals surface area (Å²) in [6, 6.07) is 13.1. The molecule has 0 heterocycles. The minimum absolute atomic E-state index is 0.0581. The molecule has 0 aromatic heterocycles. The maximum Gasteiger partial charge on any atom is 0.167 e. The van der Waals surface area contributed by atoms with Crippen LogP contribution in [0.1, 0.15) is 25.5 Å². The fraction of sp³-hybridized carbons (Fsp3) is 0.294. The molecule has 4 heteroatoms. The van der Waals surface area contributed by atoms with Gasteiger partial charge in [0.25, 0.3) is 0 Å². The Kier molecular flexibility index (Phi) is 5.28. The van der Waals surface area contributed by atoms with Crippen LogP contribution in [0.15, 0.2) is 48.5 Å². The lowest BCUT2D eigenvalue weighted by Crippen LogP contribution is -2.34. The molecule has 1 N–H and O–H groups in total. The Balaban J connectivity index is 2.17. The second-order valence-corrected chi connectivity index (χ2v) is 4.84. The summed E-state index contributed by atoms with van der Waals surface area (Å²) in [4.78, 5) is 0. The minimum atomic E-state index is -0.690. The Morgan fingerprint density at radius 2 is 1.81 bits per heavy atom. The van der Waals surface area contributed by atoms with Crippen LogP contribution in [0.5, 0.6) is 5.75 Å². The van der Waals surface area contributed by atoms with Crippen LogP contribution in [-0.4, -0.2) is 12.6 Å². The van der Waals surface area contributed by atoms with Crippen molar-refractivity contribution in [3.05, 3.63) is 65.7 Å². The molecule has 2 nitrogen and oxygen atoms in total. The molecule has 2 atom stereocenters. The van der Waals surface area contributed by atoms with Gasteiger partial charge in [-0.1, -0.05) is 37.3 Å². The van der Waals surface area contributed by atoms with Gasteiger partial charge in [0.2, 0.25) is 0 Å². The Morgan fingerprint density at radius 1 is 1.10 bits per heavy atom. The molecule has 0 radical (unpaired) electrons. The van der Waals surface area contributed by atoms with Gasteiger partial charge in [0.1, 0.15) is 11.9 Å². The average Bonchev–Trinajstić information content (AvgIpc) is 2.48. The number of rotatable bonds is 6. The van der Waals surface area contributed by atoms with Crippen molar-refractivity contribution in [1.29, 1.82) is 0 Å². The second-order valence-electron chi connectivity index (χ2n) is 4.84. The van der Waals surface area contributed by atoms with Crippen LogP contribution in [0.4, 0.5) is 8.78 Å².